The number of benzene rings is 6. The van der Waals surface area contributed by atoms with Crippen LogP contribution in [0.2, 0.25) is 0 Å². The molecule has 1 nitrogen and oxygen atoms in total. The van der Waals surface area contributed by atoms with Gasteiger partial charge < -0.3 is 4.74 Å². The van der Waals surface area contributed by atoms with Gasteiger partial charge in [-0.15, -0.1) is 0 Å². The van der Waals surface area contributed by atoms with E-state index in [2.05, 4.69) is 78.9 Å². The number of rotatable bonds is 1. The molecule has 0 saturated carbocycles. The summed E-state index contributed by atoms with van der Waals surface area (Å²) in [6.45, 7) is 0. The molecule has 0 heterocycles. The second-order valence-corrected chi connectivity index (χ2v) is 6.92. The lowest BCUT2D eigenvalue weighted by Crippen LogP contribution is -1.90. The first-order valence-corrected chi connectivity index (χ1v) is 8.92. The average Bonchev–Trinajstić information content (AvgIpc) is 2.71. The van der Waals surface area contributed by atoms with Crippen molar-refractivity contribution in [3.63, 3.8) is 0 Å². The molecule has 0 unspecified atom stereocenters. The Labute approximate surface area is 150 Å². The molecule has 0 spiro atoms. The summed E-state index contributed by atoms with van der Waals surface area (Å²) in [7, 11) is 1.75. The molecule has 0 aliphatic carbocycles. The predicted octanol–water partition coefficient (Wildman–Crippen LogP) is 6.90. The van der Waals surface area contributed by atoms with Crippen LogP contribution in [-0.2, 0) is 0 Å². The number of hydrogen-bond donors (Lipinski definition) is 0. The Morgan fingerprint density at radius 3 is 1.85 bits per heavy atom. The molecule has 0 N–H and O–H groups in total. The summed E-state index contributed by atoms with van der Waals surface area (Å²) in [4.78, 5) is 0. The number of hydrogen-bond acceptors (Lipinski definition) is 1. The zero-order chi connectivity index (χ0) is 17.3. The maximum Gasteiger partial charge on any atom is 0.126 e. The van der Waals surface area contributed by atoms with Gasteiger partial charge in [-0.3, -0.25) is 0 Å². The Hall–Kier alpha value is -3.32. The normalized spacial score (nSPS) is 12.0. The molecule has 0 saturated heterocycles. The molecular weight excluding hydrogens is 316 g/mol. The monoisotopic (exact) mass is 332 g/mol. The van der Waals surface area contributed by atoms with Gasteiger partial charge in [0.25, 0.3) is 0 Å². The molecule has 0 radical (unpaired) electrons. The van der Waals surface area contributed by atoms with Crippen LogP contribution in [0.15, 0.2) is 78.9 Å². The predicted molar refractivity (Wildman–Crippen MR) is 112 cm³/mol. The highest BCUT2D eigenvalue weighted by Crippen LogP contribution is 2.44. The van der Waals surface area contributed by atoms with Gasteiger partial charge in [0, 0.05) is 10.8 Å². The highest BCUT2D eigenvalue weighted by atomic mass is 16.5. The lowest BCUT2D eigenvalue weighted by atomic mass is 9.87. The highest BCUT2D eigenvalue weighted by molar-refractivity contribution is 6.36. The van der Waals surface area contributed by atoms with Crippen LogP contribution in [0.1, 0.15) is 0 Å². The van der Waals surface area contributed by atoms with E-state index >= 15 is 0 Å². The molecule has 6 aromatic rings. The Balaban J connectivity index is 2.04. The first-order valence-electron chi connectivity index (χ1n) is 8.92. The van der Waals surface area contributed by atoms with Crippen LogP contribution in [0.4, 0.5) is 0 Å². The average molecular weight is 332 g/mol. The van der Waals surface area contributed by atoms with Crippen LogP contribution < -0.4 is 4.74 Å². The fraction of sp³-hybridized carbons (Fsp3) is 0.0400. The SMILES string of the molecule is COc1ccc2c3cc4ccccc4c4cccc(c5cccc1c52)c43. The standard InChI is InChI=1S/C25H16O/c1-26-23-13-12-20-22-14-15-6-2-3-7-16(15)17-8-4-9-19(25(17)22)18-10-5-11-21(23)24(18)20/h2-14H,1H3. The first kappa shape index (κ1) is 13.9. The minimum atomic E-state index is 0.932. The second-order valence-electron chi connectivity index (χ2n) is 6.92. The third kappa shape index (κ3) is 1.60. The van der Waals surface area contributed by atoms with Gasteiger partial charge in [0.2, 0.25) is 0 Å². The maximum absolute atomic E-state index is 5.64. The van der Waals surface area contributed by atoms with Gasteiger partial charge >= 0.3 is 0 Å². The van der Waals surface area contributed by atoms with Crippen molar-refractivity contribution in [1.82, 2.24) is 0 Å². The second kappa shape index (κ2) is 4.86. The van der Waals surface area contributed by atoms with E-state index in [0.29, 0.717) is 0 Å². The quantitative estimate of drug-likeness (QED) is 0.235. The van der Waals surface area contributed by atoms with Crippen LogP contribution in [0.3, 0.4) is 0 Å². The minimum Gasteiger partial charge on any atom is -0.496 e. The summed E-state index contributed by atoms with van der Waals surface area (Å²) in [6, 6.07) is 28.5. The first-order chi connectivity index (χ1) is 12.9. The lowest BCUT2D eigenvalue weighted by Gasteiger charge is -2.17. The molecular formula is C25H16O. The van der Waals surface area contributed by atoms with Gasteiger partial charge in [0.1, 0.15) is 5.75 Å². The fourth-order valence-electron chi connectivity index (χ4n) is 4.61. The molecule has 0 atom stereocenters. The zero-order valence-corrected chi connectivity index (χ0v) is 14.4. The Morgan fingerprint density at radius 2 is 1.08 bits per heavy atom. The number of ether oxygens (including phenoxy) is 1. The van der Waals surface area contributed by atoms with E-state index in [9.17, 15) is 0 Å². The summed E-state index contributed by atoms with van der Waals surface area (Å²) in [5, 5.41) is 13.0. The van der Waals surface area contributed by atoms with E-state index in [1.54, 1.807) is 7.11 Å². The van der Waals surface area contributed by atoms with E-state index < -0.39 is 0 Å². The molecule has 26 heavy (non-hydrogen) atoms. The van der Waals surface area contributed by atoms with Crippen molar-refractivity contribution in [3.8, 4) is 5.75 Å². The third-order valence-corrected chi connectivity index (χ3v) is 5.69. The Kier molecular flexibility index (Phi) is 2.60. The molecule has 0 bridgehead atoms. The van der Waals surface area contributed by atoms with Crippen LogP contribution >= 0.6 is 0 Å². The van der Waals surface area contributed by atoms with Crippen molar-refractivity contribution in [2.45, 2.75) is 0 Å². The van der Waals surface area contributed by atoms with Crippen molar-refractivity contribution in [1.29, 1.82) is 0 Å². The Bertz CT molecular complexity index is 1460. The van der Waals surface area contributed by atoms with Crippen LogP contribution in [0.25, 0.3) is 53.9 Å². The van der Waals surface area contributed by atoms with Gasteiger partial charge in [-0.1, -0.05) is 66.7 Å². The van der Waals surface area contributed by atoms with Crippen molar-refractivity contribution in [2.24, 2.45) is 0 Å². The molecule has 6 aromatic carbocycles. The van der Waals surface area contributed by atoms with E-state index in [0.717, 1.165) is 5.75 Å². The summed E-state index contributed by atoms with van der Waals surface area (Å²) in [6.07, 6.45) is 0. The lowest BCUT2D eigenvalue weighted by molar-refractivity contribution is 0.420. The molecule has 0 aliphatic rings. The molecule has 6 rings (SSSR count). The molecule has 122 valence electrons. The van der Waals surface area contributed by atoms with Crippen molar-refractivity contribution in [2.75, 3.05) is 7.11 Å². The zero-order valence-electron chi connectivity index (χ0n) is 14.4. The largest absolute Gasteiger partial charge is 0.496 e. The smallest absolute Gasteiger partial charge is 0.126 e. The van der Waals surface area contributed by atoms with Gasteiger partial charge in [0.15, 0.2) is 0 Å². The van der Waals surface area contributed by atoms with E-state index in [1.165, 1.54) is 53.9 Å². The fourth-order valence-corrected chi connectivity index (χ4v) is 4.61. The summed E-state index contributed by atoms with van der Waals surface area (Å²) < 4.78 is 5.64. The van der Waals surface area contributed by atoms with Gasteiger partial charge in [-0.2, -0.15) is 0 Å². The maximum atomic E-state index is 5.64. The summed E-state index contributed by atoms with van der Waals surface area (Å²) >= 11 is 0. The molecule has 0 amide bonds. The van der Waals surface area contributed by atoms with Crippen molar-refractivity contribution >= 4 is 53.9 Å². The molecule has 0 fully saturated rings. The van der Waals surface area contributed by atoms with E-state index in [-0.39, 0.29) is 0 Å². The Morgan fingerprint density at radius 1 is 0.500 bits per heavy atom. The van der Waals surface area contributed by atoms with Crippen LogP contribution in [0.5, 0.6) is 5.75 Å². The van der Waals surface area contributed by atoms with Crippen molar-refractivity contribution in [3.05, 3.63) is 78.9 Å². The van der Waals surface area contributed by atoms with Gasteiger partial charge in [-0.05, 0) is 55.2 Å². The third-order valence-electron chi connectivity index (χ3n) is 5.69. The molecule has 0 aromatic heterocycles. The van der Waals surface area contributed by atoms with Crippen LogP contribution in [-0.4, -0.2) is 7.11 Å². The van der Waals surface area contributed by atoms with Gasteiger partial charge in [0.05, 0.1) is 7.11 Å². The summed E-state index contributed by atoms with van der Waals surface area (Å²) in [5.41, 5.74) is 0. The topological polar surface area (TPSA) is 9.23 Å². The van der Waals surface area contributed by atoms with Gasteiger partial charge in [-0.25, -0.2) is 0 Å². The molecule has 1 heteroatoms. The highest BCUT2D eigenvalue weighted by Gasteiger charge is 2.15. The van der Waals surface area contributed by atoms with Crippen LogP contribution in [0, 0.1) is 0 Å². The summed E-state index contributed by atoms with van der Waals surface area (Å²) in [5.74, 6) is 0.932. The number of fused-ring (bicyclic) bond motifs is 4. The van der Waals surface area contributed by atoms with E-state index in [1.807, 2.05) is 0 Å². The van der Waals surface area contributed by atoms with E-state index in [4.69, 9.17) is 4.74 Å². The van der Waals surface area contributed by atoms with Crippen molar-refractivity contribution < 1.29 is 4.74 Å². The molecule has 0 aliphatic heterocycles. The minimum absolute atomic E-state index is 0.932. The number of methoxy groups -OCH3 is 1.